The largest absolute Gasteiger partial charge is 0.416 e. The molecule has 1 fully saturated rings. The molecule has 1 aliphatic rings. The van der Waals surface area contributed by atoms with Crippen LogP contribution in [0, 0.1) is 0 Å². The monoisotopic (exact) mass is 259 g/mol. The molecule has 2 rings (SSSR count). The molecule has 1 N–H and O–H groups in total. The molecule has 1 saturated heterocycles. The second-order valence-corrected chi connectivity index (χ2v) is 4.95. The van der Waals surface area contributed by atoms with Crippen molar-refractivity contribution in [2.24, 2.45) is 0 Å². The van der Waals surface area contributed by atoms with Gasteiger partial charge in [-0.3, -0.25) is 0 Å². The number of β-amino-alcohol motifs (C(OH)–C–C–N with tert-alkyl or cyclic N) is 1. The topological polar surface area (TPSA) is 23.5 Å². The van der Waals surface area contributed by atoms with Crippen molar-refractivity contribution in [3.8, 4) is 0 Å². The minimum absolute atomic E-state index is 0.457. The zero-order valence-electron chi connectivity index (χ0n) is 10.2. The Morgan fingerprint density at radius 1 is 1.22 bits per heavy atom. The van der Waals surface area contributed by atoms with Crippen LogP contribution in [-0.2, 0) is 11.8 Å². The fourth-order valence-corrected chi connectivity index (χ4v) is 2.45. The Labute approximate surface area is 104 Å². The van der Waals surface area contributed by atoms with Gasteiger partial charge < -0.3 is 10.0 Å². The van der Waals surface area contributed by atoms with Gasteiger partial charge in [0.2, 0.25) is 0 Å². The lowest BCUT2D eigenvalue weighted by molar-refractivity contribution is -0.137. The average Bonchev–Trinajstić information content (AvgIpc) is 2.28. The van der Waals surface area contributed by atoms with Crippen LogP contribution in [0.15, 0.2) is 24.3 Å². The molecule has 100 valence electrons. The van der Waals surface area contributed by atoms with Crippen LogP contribution < -0.4 is 0 Å². The fourth-order valence-electron chi connectivity index (χ4n) is 2.45. The van der Waals surface area contributed by atoms with Crippen molar-refractivity contribution in [2.45, 2.75) is 24.6 Å². The number of benzene rings is 1. The van der Waals surface area contributed by atoms with Gasteiger partial charge in [0.15, 0.2) is 0 Å². The molecule has 1 heterocycles. The third kappa shape index (κ3) is 2.67. The minimum atomic E-state index is -4.33. The number of rotatable bonds is 1. The van der Waals surface area contributed by atoms with Gasteiger partial charge in [-0.1, -0.05) is 12.1 Å². The van der Waals surface area contributed by atoms with Gasteiger partial charge in [0.05, 0.1) is 5.56 Å². The maximum absolute atomic E-state index is 12.4. The summed E-state index contributed by atoms with van der Waals surface area (Å²) in [7, 11) is 1.90. The minimum Gasteiger partial charge on any atom is -0.384 e. The lowest BCUT2D eigenvalue weighted by Gasteiger charge is -2.37. The zero-order valence-corrected chi connectivity index (χ0v) is 10.2. The standard InChI is InChI=1S/C13H16F3NO/c1-17-8-2-7-12(18,9-17)10-3-5-11(6-4-10)13(14,15)16/h3-6,18H,2,7-9H2,1H3. The molecule has 1 aliphatic heterocycles. The molecule has 1 aromatic rings. The van der Waals surface area contributed by atoms with E-state index >= 15 is 0 Å². The first-order valence-corrected chi connectivity index (χ1v) is 5.90. The number of piperidine rings is 1. The van der Waals surface area contributed by atoms with Gasteiger partial charge in [0, 0.05) is 6.54 Å². The molecule has 18 heavy (non-hydrogen) atoms. The van der Waals surface area contributed by atoms with Crippen LogP contribution in [0.4, 0.5) is 13.2 Å². The predicted molar refractivity (Wildman–Crippen MR) is 62.1 cm³/mol. The molecular weight excluding hydrogens is 243 g/mol. The third-order valence-corrected chi connectivity index (χ3v) is 3.41. The summed E-state index contributed by atoms with van der Waals surface area (Å²) >= 11 is 0. The summed E-state index contributed by atoms with van der Waals surface area (Å²) in [6, 6.07) is 4.81. The molecule has 5 heteroatoms. The number of nitrogens with zero attached hydrogens (tertiary/aromatic N) is 1. The normalized spacial score (nSPS) is 26.3. The van der Waals surface area contributed by atoms with E-state index in [4.69, 9.17) is 0 Å². The summed E-state index contributed by atoms with van der Waals surface area (Å²) < 4.78 is 37.3. The maximum atomic E-state index is 12.4. The van der Waals surface area contributed by atoms with Gasteiger partial charge >= 0.3 is 6.18 Å². The Hall–Kier alpha value is -1.07. The van der Waals surface area contributed by atoms with E-state index < -0.39 is 17.3 Å². The van der Waals surface area contributed by atoms with Crippen molar-refractivity contribution >= 4 is 0 Å². The summed E-state index contributed by atoms with van der Waals surface area (Å²) in [5.74, 6) is 0. The van der Waals surface area contributed by atoms with Crippen LogP contribution in [0.25, 0.3) is 0 Å². The molecule has 0 bridgehead atoms. The zero-order chi connectivity index (χ0) is 13.4. The van der Waals surface area contributed by atoms with E-state index in [0.29, 0.717) is 18.5 Å². The molecule has 0 aliphatic carbocycles. The van der Waals surface area contributed by atoms with Crippen molar-refractivity contribution < 1.29 is 18.3 Å². The Morgan fingerprint density at radius 2 is 1.83 bits per heavy atom. The Kier molecular flexibility index (Phi) is 3.38. The van der Waals surface area contributed by atoms with Crippen LogP contribution in [0.5, 0.6) is 0 Å². The number of halogens is 3. The van der Waals surface area contributed by atoms with Gasteiger partial charge in [-0.25, -0.2) is 0 Å². The lowest BCUT2D eigenvalue weighted by Crippen LogP contribution is -2.44. The van der Waals surface area contributed by atoms with Crippen LogP contribution in [0.3, 0.4) is 0 Å². The molecule has 2 nitrogen and oxygen atoms in total. The second kappa shape index (κ2) is 4.55. The lowest BCUT2D eigenvalue weighted by atomic mass is 9.85. The Morgan fingerprint density at radius 3 is 2.33 bits per heavy atom. The van der Waals surface area contributed by atoms with Crippen molar-refractivity contribution in [1.82, 2.24) is 4.90 Å². The van der Waals surface area contributed by atoms with Crippen LogP contribution in [-0.4, -0.2) is 30.1 Å². The smallest absolute Gasteiger partial charge is 0.384 e. The molecule has 0 saturated carbocycles. The second-order valence-electron chi connectivity index (χ2n) is 4.95. The van der Waals surface area contributed by atoms with E-state index in [-0.39, 0.29) is 0 Å². The van der Waals surface area contributed by atoms with Crippen LogP contribution in [0.1, 0.15) is 24.0 Å². The molecule has 0 radical (unpaired) electrons. The van der Waals surface area contributed by atoms with Gasteiger partial charge in [-0.2, -0.15) is 13.2 Å². The van der Waals surface area contributed by atoms with Gasteiger partial charge in [-0.15, -0.1) is 0 Å². The number of alkyl halides is 3. The Balaban J connectivity index is 2.23. The van der Waals surface area contributed by atoms with E-state index in [1.807, 2.05) is 11.9 Å². The first-order chi connectivity index (χ1) is 8.31. The predicted octanol–water partition coefficient (Wildman–Crippen LogP) is 2.62. The quantitative estimate of drug-likeness (QED) is 0.838. The summed E-state index contributed by atoms with van der Waals surface area (Å²) in [5.41, 5.74) is -1.15. The average molecular weight is 259 g/mol. The fraction of sp³-hybridized carbons (Fsp3) is 0.538. The maximum Gasteiger partial charge on any atom is 0.416 e. The first-order valence-electron chi connectivity index (χ1n) is 5.90. The van der Waals surface area contributed by atoms with E-state index in [1.165, 1.54) is 12.1 Å². The third-order valence-electron chi connectivity index (χ3n) is 3.41. The van der Waals surface area contributed by atoms with E-state index in [9.17, 15) is 18.3 Å². The van der Waals surface area contributed by atoms with Crippen molar-refractivity contribution in [3.63, 3.8) is 0 Å². The van der Waals surface area contributed by atoms with Gasteiger partial charge in [-0.05, 0) is 44.1 Å². The van der Waals surface area contributed by atoms with E-state index in [2.05, 4.69) is 0 Å². The van der Waals surface area contributed by atoms with Crippen LogP contribution >= 0.6 is 0 Å². The highest BCUT2D eigenvalue weighted by atomic mass is 19.4. The summed E-state index contributed by atoms with van der Waals surface area (Å²) in [5, 5.41) is 10.5. The van der Waals surface area contributed by atoms with E-state index in [0.717, 1.165) is 25.1 Å². The van der Waals surface area contributed by atoms with Gasteiger partial charge in [0.25, 0.3) is 0 Å². The molecular formula is C13H16F3NO. The van der Waals surface area contributed by atoms with Crippen molar-refractivity contribution in [3.05, 3.63) is 35.4 Å². The number of likely N-dealkylation sites (tertiary alicyclic amines) is 1. The van der Waals surface area contributed by atoms with E-state index in [1.54, 1.807) is 0 Å². The van der Waals surface area contributed by atoms with Gasteiger partial charge in [0.1, 0.15) is 5.60 Å². The van der Waals surface area contributed by atoms with Crippen molar-refractivity contribution in [1.29, 1.82) is 0 Å². The molecule has 0 aromatic heterocycles. The number of likely N-dealkylation sites (N-methyl/N-ethyl adjacent to an activating group) is 1. The highest BCUT2D eigenvalue weighted by Gasteiger charge is 2.35. The molecule has 0 amide bonds. The number of aliphatic hydroxyl groups is 1. The summed E-state index contributed by atoms with van der Waals surface area (Å²) in [4.78, 5) is 1.99. The summed E-state index contributed by atoms with van der Waals surface area (Å²) in [6.07, 6.45) is -2.90. The molecule has 1 aromatic carbocycles. The number of hydrogen-bond donors (Lipinski definition) is 1. The molecule has 1 atom stereocenters. The summed E-state index contributed by atoms with van der Waals surface area (Å²) in [6.45, 7) is 1.36. The first kappa shape index (κ1) is 13.4. The Bertz CT molecular complexity index is 415. The SMILES string of the molecule is CN1CCCC(O)(c2ccc(C(F)(F)F)cc2)C1. The molecule has 1 unspecified atom stereocenters. The highest BCUT2D eigenvalue weighted by Crippen LogP contribution is 2.34. The molecule has 0 spiro atoms. The van der Waals surface area contributed by atoms with Crippen LogP contribution in [0.2, 0.25) is 0 Å². The number of hydrogen-bond acceptors (Lipinski definition) is 2. The highest BCUT2D eigenvalue weighted by molar-refractivity contribution is 5.29. The van der Waals surface area contributed by atoms with Crippen molar-refractivity contribution in [2.75, 3.05) is 20.1 Å².